The van der Waals surface area contributed by atoms with Crippen molar-refractivity contribution in [1.82, 2.24) is 9.97 Å². The Morgan fingerprint density at radius 2 is 1.88 bits per heavy atom. The molecule has 0 saturated carbocycles. The summed E-state index contributed by atoms with van der Waals surface area (Å²) in [6, 6.07) is 11.4. The number of anilines is 1. The van der Waals surface area contributed by atoms with Crippen LogP contribution in [0.1, 0.15) is 0 Å². The summed E-state index contributed by atoms with van der Waals surface area (Å²) >= 11 is 0. The van der Waals surface area contributed by atoms with Gasteiger partial charge in [-0.1, -0.05) is 18.2 Å². The Balaban J connectivity index is 2.23. The molecule has 4 nitrogen and oxygen atoms in total. The molecule has 0 fully saturated rings. The third kappa shape index (κ3) is 1.32. The number of hydrogen-bond donors (Lipinski definition) is 1. The number of benzene rings is 1. The Labute approximate surface area is 91.7 Å². The highest BCUT2D eigenvalue weighted by molar-refractivity contribution is 5.84. The van der Waals surface area contributed by atoms with Gasteiger partial charge in [0.25, 0.3) is 0 Å². The lowest BCUT2D eigenvalue weighted by atomic mass is 10.2. The van der Waals surface area contributed by atoms with E-state index in [0.29, 0.717) is 22.8 Å². The maximum atomic E-state index is 5.79. The van der Waals surface area contributed by atoms with E-state index in [1.165, 1.54) is 0 Å². The molecular weight excluding hydrogens is 202 g/mol. The summed E-state index contributed by atoms with van der Waals surface area (Å²) in [6.07, 6.45) is 1.61. The van der Waals surface area contributed by atoms with Crippen molar-refractivity contribution in [3.63, 3.8) is 0 Å². The monoisotopic (exact) mass is 211 g/mol. The minimum Gasteiger partial charge on any atom is -0.418 e. The second-order valence-electron chi connectivity index (χ2n) is 3.44. The molecule has 2 aromatic heterocycles. The van der Waals surface area contributed by atoms with Crippen LogP contribution in [0.3, 0.4) is 0 Å². The van der Waals surface area contributed by atoms with E-state index in [1.54, 1.807) is 12.3 Å². The lowest BCUT2D eigenvalue weighted by Crippen LogP contribution is -1.86. The lowest BCUT2D eigenvalue weighted by molar-refractivity contribution is 0.608. The van der Waals surface area contributed by atoms with Gasteiger partial charge in [-0.05, 0) is 18.2 Å². The molecule has 0 aliphatic heterocycles. The van der Waals surface area contributed by atoms with Crippen LogP contribution in [0.2, 0.25) is 0 Å². The van der Waals surface area contributed by atoms with Crippen molar-refractivity contribution in [2.45, 2.75) is 0 Å². The summed E-state index contributed by atoms with van der Waals surface area (Å²) in [5, 5.41) is 0. The molecule has 0 spiro atoms. The summed E-state index contributed by atoms with van der Waals surface area (Å²) in [7, 11) is 0. The third-order valence-electron chi connectivity index (χ3n) is 2.35. The average Bonchev–Trinajstić information content (AvgIpc) is 2.76. The van der Waals surface area contributed by atoms with Crippen LogP contribution in [0, 0.1) is 0 Å². The molecule has 0 atom stereocenters. The Morgan fingerprint density at radius 1 is 1.06 bits per heavy atom. The summed E-state index contributed by atoms with van der Waals surface area (Å²) in [5.41, 5.74) is 8.36. The Bertz CT molecular complexity index is 631. The van der Waals surface area contributed by atoms with E-state index in [0.717, 1.165) is 5.56 Å². The van der Waals surface area contributed by atoms with Crippen molar-refractivity contribution in [2.75, 3.05) is 5.73 Å². The second-order valence-corrected chi connectivity index (χ2v) is 3.44. The molecule has 0 saturated heterocycles. The van der Waals surface area contributed by atoms with Crippen LogP contribution in [-0.4, -0.2) is 9.97 Å². The molecule has 2 heterocycles. The molecule has 3 aromatic rings. The fourth-order valence-corrected chi connectivity index (χ4v) is 1.56. The van der Waals surface area contributed by atoms with Gasteiger partial charge in [0.1, 0.15) is 0 Å². The van der Waals surface area contributed by atoms with Gasteiger partial charge in [0, 0.05) is 11.8 Å². The van der Waals surface area contributed by atoms with Crippen molar-refractivity contribution in [1.29, 1.82) is 0 Å². The average molecular weight is 211 g/mol. The summed E-state index contributed by atoms with van der Waals surface area (Å²) in [5.74, 6) is 0.543. The SMILES string of the molecule is Nc1ccnc2oc(-c3ccccc3)nc12. The molecule has 0 amide bonds. The van der Waals surface area contributed by atoms with E-state index in [9.17, 15) is 0 Å². The first-order valence-electron chi connectivity index (χ1n) is 4.91. The van der Waals surface area contributed by atoms with E-state index in [2.05, 4.69) is 9.97 Å². The van der Waals surface area contributed by atoms with Crippen LogP contribution in [0.25, 0.3) is 22.7 Å². The molecule has 16 heavy (non-hydrogen) atoms. The van der Waals surface area contributed by atoms with Gasteiger partial charge in [-0.15, -0.1) is 0 Å². The maximum absolute atomic E-state index is 5.79. The normalized spacial score (nSPS) is 10.8. The number of fused-ring (bicyclic) bond motifs is 1. The Hall–Kier alpha value is -2.36. The van der Waals surface area contributed by atoms with Crippen molar-refractivity contribution >= 4 is 16.9 Å². The highest BCUT2D eigenvalue weighted by Crippen LogP contribution is 2.25. The molecule has 78 valence electrons. The smallest absolute Gasteiger partial charge is 0.249 e. The first-order chi connectivity index (χ1) is 7.84. The molecule has 2 N–H and O–H groups in total. The maximum Gasteiger partial charge on any atom is 0.249 e. The van der Waals surface area contributed by atoms with Crippen LogP contribution in [0.5, 0.6) is 0 Å². The fourth-order valence-electron chi connectivity index (χ4n) is 1.56. The van der Waals surface area contributed by atoms with Gasteiger partial charge in [-0.3, -0.25) is 0 Å². The highest BCUT2D eigenvalue weighted by atomic mass is 16.4. The quantitative estimate of drug-likeness (QED) is 0.671. The summed E-state index contributed by atoms with van der Waals surface area (Å²) in [4.78, 5) is 8.41. The standard InChI is InChI=1S/C12H9N3O/c13-9-6-7-14-12-10(9)15-11(16-12)8-4-2-1-3-5-8/h1-7H,(H2,13,14). The molecular formula is C12H9N3O. The van der Waals surface area contributed by atoms with Gasteiger partial charge < -0.3 is 10.2 Å². The molecule has 0 bridgehead atoms. The van der Waals surface area contributed by atoms with Gasteiger partial charge in [0.2, 0.25) is 11.6 Å². The van der Waals surface area contributed by atoms with E-state index in [4.69, 9.17) is 10.2 Å². The van der Waals surface area contributed by atoms with E-state index < -0.39 is 0 Å². The fraction of sp³-hybridized carbons (Fsp3) is 0. The molecule has 3 rings (SSSR count). The number of nitrogens with zero attached hydrogens (tertiary/aromatic N) is 2. The molecule has 0 aliphatic rings. The van der Waals surface area contributed by atoms with E-state index in [1.807, 2.05) is 30.3 Å². The zero-order chi connectivity index (χ0) is 11.0. The molecule has 1 aromatic carbocycles. The number of aromatic nitrogens is 2. The van der Waals surface area contributed by atoms with Gasteiger partial charge in [0.15, 0.2) is 5.52 Å². The van der Waals surface area contributed by atoms with Crippen LogP contribution in [0.4, 0.5) is 5.69 Å². The number of oxazole rings is 1. The van der Waals surface area contributed by atoms with Crippen LogP contribution in [-0.2, 0) is 0 Å². The van der Waals surface area contributed by atoms with Gasteiger partial charge in [0.05, 0.1) is 5.69 Å². The largest absolute Gasteiger partial charge is 0.418 e. The zero-order valence-electron chi connectivity index (χ0n) is 8.42. The Morgan fingerprint density at radius 3 is 2.62 bits per heavy atom. The molecule has 4 heteroatoms. The first-order valence-corrected chi connectivity index (χ1v) is 4.91. The number of rotatable bonds is 1. The Kier molecular flexibility index (Phi) is 1.86. The van der Waals surface area contributed by atoms with Crippen LogP contribution in [0.15, 0.2) is 47.0 Å². The molecule has 0 aliphatic carbocycles. The van der Waals surface area contributed by atoms with Crippen molar-refractivity contribution in [3.05, 3.63) is 42.6 Å². The summed E-state index contributed by atoms with van der Waals surface area (Å²) < 4.78 is 5.53. The minimum atomic E-state index is 0.471. The van der Waals surface area contributed by atoms with E-state index >= 15 is 0 Å². The minimum absolute atomic E-state index is 0.471. The predicted molar refractivity (Wildman–Crippen MR) is 61.7 cm³/mol. The number of nitrogen functional groups attached to an aromatic ring is 1. The van der Waals surface area contributed by atoms with E-state index in [-0.39, 0.29) is 0 Å². The van der Waals surface area contributed by atoms with Gasteiger partial charge in [-0.25, -0.2) is 9.97 Å². The molecule has 0 radical (unpaired) electrons. The van der Waals surface area contributed by atoms with Crippen LogP contribution < -0.4 is 5.73 Å². The van der Waals surface area contributed by atoms with Gasteiger partial charge >= 0.3 is 0 Å². The first kappa shape index (κ1) is 8.91. The van der Waals surface area contributed by atoms with Crippen molar-refractivity contribution < 1.29 is 4.42 Å². The third-order valence-corrected chi connectivity index (χ3v) is 2.35. The van der Waals surface area contributed by atoms with Crippen molar-refractivity contribution in [3.8, 4) is 11.5 Å². The number of pyridine rings is 1. The zero-order valence-corrected chi connectivity index (χ0v) is 8.42. The predicted octanol–water partition coefficient (Wildman–Crippen LogP) is 2.47. The number of hydrogen-bond acceptors (Lipinski definition) is 4. The molecule has 0 unspecified atom stereocenters. The second kappa shape index (κ2) is 3.34. The number of nitrogens with two attached hydrogens (primary N) is 1. The van der Waals surface area contributed by atoms with Gasteiger partial charge in [-0.2, -0.15) is 0 Å². The summed E-state index contributed by atoms with van der Waals surface area (Å²) in [6.45, 7) is 0. The van der Waals surface area contributed by atoms with Crippen LogP contribution >= 0.6 is 0 Å². The highest BCUT2D eigenvalue weighted by Gasteiger charge is 2.10. The topological polar surface area (TPSA) is 64.9 Å². The lowest BCUT2D eigenvalue weighted by Gasteiger charge is -1.91. The van der Waals surface area contributed by atoms with Crippen molar-refractivity contribution in [2.24, 2.45) is 0 Å².